The average molecular weight is 361 g/mol. The van der Waals surface area contributed by atoms with Crippen LogP contribution >= 0.6 is 23.2 Å². The molecule has 6 heteroatoms. The van der Waals surface area contributed by atoms with Gasteiger partial charge in [-0.1, -0.05) is 35.3 Å². The summed E-state index contributed by atoms with van der Waals surface area (Å²) in [5.74, 6) is 0. The van der Waals surface area contributed by atoms with Crippen LogP contribution in [0.3, 0.4) is 0 Å². The van der Waals surface area contributed by atoms with E-state index in [-0.39, 0.29) is 0 Å². The van der Waals surface area contributed by atoms with Crippen molar-refractivity contribution in [3.63, 3.8) is 0 Å². The number of nitrogens with zero attached hydrogens (tertiary/aromatic N) is 3. The fourth-order valence-corrected chi connectivity index (χ4v) is 3.01. The van der Waals surface area contributed by atoms with Gasteiger partial charge in [-0.2, -0.15) is 5.10 Å². The smallest absolute Gasteiger partial charge is 0.137 e. The predicted molar refractivity (Wildman–Crippen MR) is 98.0 cm³/mol. The van der Waals surface area contributed by atoms with Crippen LogP contribution in [-0.2, 0) is 13.0 Å². The molecule has 0 aliphatic rings. The summed E-state index contributed by atoms with van der Waals surface area (Å²) in [5, 5.41) is 9.21. The minimum atomic E-state index is 0.611. The van der Waals surface area contributed by atoms with Crippen LogP contribution in [0.15, 0.2) is 48.7 Å². The molecule has 3 rings (SSSR count). The molecule has 0 saturated carbocycles. The van der Waals surface area contributed by atoms with Gasteiger partial charge in [0.15, 0.2) is 0 Å². The summed E-state index contributed by atoms with van der Waals surface area (Å²) in [5.41, 5.74) is 3.83. The lowest BCUT2D eigenvalue weighted by molar-refractivity contribution is 0.678. The van der Waals surface area contributed by atoms with Crippen molar-refractivity contribution < 1.29 is 0 Å². The van der Waals surface area contributed by atoms with E-state index in [1.54, 1.807) is 4.68 Å². The maximum atomic E-state index is 6.52. The van der Waals surface area contributed by atoms with Gasteiger partial charge in [-0.05, 0) is 37.3 Å². The number of halogens is 2. The lowest BCUT2D eigenvalue weighted by Crippen LogP contribution is -2.17. The molecule has 0 aliphatic heterocycles. The second kappa shape index (κ2) is 7.79. The van der Waals surface area contributed by atoms with Crippen LogP contribution in [-0.4, -0.2) is 21.3 Å². The van der Waals surface area contributed by atoms with E-state index in [4.69, 9.17) is 23.2 Å². The van der Waals surface area contributed by atoms with Crippen LogP contribution in [0.2, 0.25) is 10.2 Å². The summed E-state index contributed by atoms with van der Waals surface area (Å²) in [7, 11) is 0. The third-order valence-electron chi connectivity index (χ3n) is 3.76. The largest absolute Gasteiger partial charge is 0.312 e. The summed E-state index contributed by atoms with van der Waals surface area (Å²) in [6, 6.07) is 13.4. The van der Waals surface area contributed by atoms with Gasteiger partial charge >= 0.3 is 0 Å². The number of aryl methyl sites for hydroxylation is 1. The number of hydrogen-bond donors (Lipinski definition) is 1. The summed E-state index contributed by atoms with van der Waals surface area (Å²) in [4.78, 5) is 4.32. The molecule has 0 saturated heterocycles. The van der Waals surface area contributed by atoms with Crippen molar-refractivity contribution in [2.45, 2.75) is 19.9 Å². The van der Waals surface area contributed by atoms with Gasteiger partial charge in [0.2, 0.25) is 0 Å². The number of hydrogen-bond acceptors (Lipinski definition) is 3. The summed E-state index contributed by atoms with van der Waals surface area (Å²) >= 11 is 12.6. The molecule has 0 fully saturated rings. The van der Waals surface area contributed by atoms with Crippen LogP contribution in [0.5, 0.6) is 0 Å². The Bertz CT molecular complexity index is 815. The number of nitrogens with one attached hydrogen (secondary N) is 1. The number of benzene rings is 1. The van der Waals surface area contributed by atoms with E-state index in [0.29, 0.717) is 16.7 Å². The van der Waals surface area contributed by atoms with E-state index < -0.39 is 0 Å². The molecule has 0 bridgehead atoms. The standard InChI is InChI=1S/C18H18Cl2N4/c1-13-17(12-21-10-8-15-6-2-3-9-22-15)18(20)24(23-13)16-7-4-5-14(19)11-16/h2-7,9,11,21H,8,10,12H2,1H3. The molecular weight excluding hydrogens is 343 g/mol. The Morgan fingerprint density at radius 2 is 2.00 bits per heavy atom. The van der Waals surface area contributed by atoms with Crippen molar-refractivity contribution in [3.05, 3.63) is 75.8 Å². The van der Waals surface area contributed by atoms with E-state index in [9.17, 15) is 0 Å². The second-order valence-electron chi connectivity index (χ2n) is 5.49. The third kappa shape index (κ3) is 3.96. The number of pyridine rings is 1. The monoisotopic (exact) mass is 360 g/mol. The molecule has 2 heterocycles. The summed E-state index contributed by atoms with van der Waals surface area (Å²) < 4.78 is 1.72. The Labute approximate surface area is 151 Å². The normalized spacial score (nSPS) is 11.0. The maximum Gasteiger partial charge on any atom is 0.137 e. The molecule has 0 atom stereocenters. The molecule has 4 nitrogen and oxygen atoms in total. The van der Waals surface area contributed by atoms with Gasteiger partial charge in [0.1, 0.15) is 5.15 Å². The number of rotatable bonds is 6. The second-order valence-corrected chi connectivity index (χ2v) is 6.29. The molecule has 1 aromatic carbocycles. The Kier molecular flexibility index (Phi) is 5.51. The van der Waals surface area contributed by atoms with Crippen LogP contribution in [0, 0.1) is 6.92 Å². The minimum absolute atomic E-state index is 0.611. The zero-order chi connectivity index (χ0) is 16.9. The molecule has 24 heavy (non-hydrogen) atoms. The molecule has 0 amide bonds. The Hall–Kier alpha value is -1.88. The zero-order valence-electron chi connectivity index (χ0n) is 13.3. The molecule has 0 unspecified atom stereocenters. The molecule has 3 aromatic rings. The Morgan fingerprint density at radius 3 is 2.75 bits per heavy atom. The van der Waals surface area contributed by atoms with Gasteiger partial charge in [0, 0.05) is 42.0 Å². The molecule has 0 radical (unpaired) electrons. The minimum Gasteiger partial charge on any atom is -0.312 e. The summed E-state index contributed by atoms with van der Waals surface area (Å²) in [6.07, 6.45) is 2.69. The van der Waals surface area contributed by atoms with Gasteiger partial charge in [-0.3, -0.25) is 4.98 Å². The molecule has 2 aromatic heterocycles. The quantitative estimate of drug-likeness (QED) is 0.669. The average Bonchev–Trinajstić information content (AvgIpc) is 2.87. The van der Waals surface area contributed by atoms with E-state index in [2.05, 4.69) is 15.4 Å². The highest BCUT2D eigenvalue weighted by Crippen LogP contribution is 2.24. The first-order valence-electron chi connectivity index (χ1n) is 7.75. The van der Waals surface area contributed by atoms with Crippen LogP contribution < -0.4 is 5.32 Å². The Balaban J connectivity index is 1.66. The first-order chi connectivity index (χ1) is 11.6. The third-order valence-corrected chi connectivity index (χ3v) is 4.38. The lowest BCUT2D eigenvalue weighted by Gasteiger charge is -2.06. The van der Waals surface area contributed by atoms with E-state index in [0.717, 1.165) is 35.6 Å². The van der Waals surface area contributed by atoms with E-state index >= 15 is 0 Å². The van der Waals surface area contributed by atoms with Crippen molar-refractivity contribution >= 4 is 23.2 Å². The first-order valence-corrected chi connectivity index (χ1v) is 8.51. The first kappa shape index (κ1) is 17.0. The van der Waals surface area contributed by atoms with Crippen LogP contribution in [0.25, 0.3) is 5.69 Å². The fourth-order valence-electron chi connectivity index (χ4n) is 2.49. The SMILES string of the molecule is Cc1nn(-c2cccc(Cl)c2)c(Cl)c1CNCCc1ccccn1. The van der Waals surface area contributed by atoms with Gasteiger partial charge in [0.05, 0.1) is 11.4 Å². The van der Waals surface area contributed by atoms with E-state index in [1.165, 1.54) is 0 Å². The van der Waals surface area contributed by atoms with Crippen molar-refractivity contribution in [1.82, 2.24) is 20.1 Å². The van der Waals surface area contributed by atoms with Gasteiger partial charge in [0.25, 0.3) is 0 Å². The number of aromatic nitrogens is 3. The lowest BCUT2D eigenvalue weighted by atomic mass is 10.2. The molecule has 0 spiro atoms. The molecule has 124 valence electrons. The topological polar surface area (TPSA) is 42.7 Å². The van der Waals surface area contributed by atoms with E-state index in [1.807, 2.05) is 55.6 Å². The predicted octanol–water partition coefficient (Wildman–Crippen LogP) is 4.21. The van der Waals surface area contributed by atoms with Crippen molar-refractivity contribution in [1.29, 1.82) is 0 Å². The van der Waals surface area contributed by atoms with Crippen molar-refractivity contribution in [2.24, 2.45) is 0 Å². The van der Waals surface area contributed by atoms with Gasteiger partial charge in [-0.25, -0.2) is 4.68 Å². The van der Waals surface area contributed by atoms with Gasteiger partial charge in [-0.15, -0.1) is 0 Å². The highest BCUT2D eigenvalue weighted by atomic mass is 35.5. The van der Waals surface area contributed by atoms with Crippen molar-refractivity contribution in [2.75, 3.05) is 6.54 Å². The molecular formula is C18H18Cl2N4. The maximum absolute atomic E-state index is 6.52. The van der Waals surface area contributed by atoms with Crippen molar-refractivity contribution in [3.8, 4) is 5.69 Å². The van der Waals surface area contributed by atoms with Crippen LogP contribution in [0.4, 0.5) is 0 Å². The zero-order valence-corrected chi connectivity index (χ0v) is 14.8. The molecule has 1 N–H and O–H groups in total. The molecule has 0 aliphatic carbocycles. The van der Waals surface area contributed by atoms with Crippen LogP contribution in [0.1, 0.15) is 17.0 Å². The summed E-state index contributed by atoms with van der Waals surface area (Å²) in [6.45, 7) is 3.45. The highest BCUT2D eigenvalue weighted by molar-refractivity contribution is 6.31. The van der Waals surface area contributed by atoms with Gasteiger partial charge < -0.3 is 5.32 Å². The highest BCUT2D eigenvalue weighted by Gasteiger charge is 2.14. The Morgan fingerprint density at radius 1 is 1.12 bits per heavy atom. The fraction of sp³-hybridized carbons (Fsp3) is 0.222.